The van der Waals surface area contributed by atoms with Crippen LogP contribution in [0.25, 0.3) is 0 Å². The van der Waals surface area contributed by atoms with E-state index in [-0.39, 0.29) is 23.8 Å². The minimum Gasteiger partial charge on any atom is -0.340 e. The van der Waals surface area contributed by atoms with Crippen LogP contribution in [0.1, 0.15) is 63.6 Å². The molecule has 2 heterocycles. The molecular weight excluding hydrogens is 468 g/mol. The normalized spacial score (nSPS) is 18.3. The third-order valence-corrected chi connectivity index (χ3v) is 8.01. The van der Waals surface area contributed by atoms with Crippen molar-refractivity contribution in [3.05, 3.63) is 77.0 Å². The molecule has 0 bridgehead atoms. The summed E-state index contributed by atoms with van der Waals surface area (Å²) in [5, 5.41) is 4.12. The molecule has 0 aliphatic carbocycles. The van der Waals surface area contributed by atoms with Gasteiger partial charge < -0.3 is 15.1 Å². The Bertz CT molecular complexity index is 1160. The highest BCUT2D eigenvalue weighted by Crippen LogP contribution is 2.40. The number of hydrogen-bond acceptors (Lipinski definition) is 5. The summed E-state index contributed by atoms with van der Waals surface area (Å²) in [7, 11) is 0. The third-order valence-electron chi connectivity index (χ3n) is 6.94. The van der Waals surface area contributed by atoms with Crippen molar-refractivity contribution in [2.45, 2.75) is 52.5 Å². The number of carbonyl (C=O) groups is 2. The number of allylic oxidation sites excluding steroid dienone is 1. The summed E-state index contributed by atoms with van der Waals surface area (Å²) in [6, 6.07) is 17.6. The van der Waals surface area contributed by atoms with Gasteiger partial charge in [0.15, 0.2) is 5.17 Å². The second-order valence-corrected chi connectivity index (χ2v) is 10.2. The Balaban J connectivity index is 1.68. The second-order valence-electron chi connectivity index (χ2n) is 9.16. The van der Waals surface area contributed by atoms with E-state index in [1.807, 2.05) is 81.1 Å². The van der Waals surface area contributed by atoms with Gasteiger partial charge in [-0.15, -0.1) is 0 Å². The molecule has 2 aliphatic heterocycles. The molecule has 1 N–H and O–H groups in total. The quantitative estimate of drug-likeness (QED) is 0.493. The summed E-state index contributed by atoms with van der Waals surface area (Å²) >= 11 is 1.75. The number of anilines is 1. The van der Waals surface area contributed by atoms with E-state index < -0.39 is 0 Å². The van der Waals surface area contributed by atoms with E-state index in [0.717, 1.165) is 52.0 Å². The summed E-state index contributed by atoms with van der Waals surface area (Å²) < 4.78 is 0. The molecular formula is C29H36N4O2S. The Kier molecular flexibility index (Phi) is 8.52. The van der Waals surface area contributed by atoms with Crippen molar-refractivity contribution < 1.29 is 9.59 Å². The Labute approximate surface area is 218 Å². The average Bonchev–Trinajstić information content (AvgIpc) is 2.89. The van der Waals surface area contributed by atoms with Gasteiger partial charge in [-0.25, -0.2) is 4.99 Å². The highest BCUT2D eigenvalue weighted by molar-refractivity contribution is 8.13. The first-order valence-electron chi connectivity index (χ1n) is 12.9. The van der Waals surface area contributed by atoms with Gasteiger partial charge in [-0.1, -0.05) is 61.2 Å². The predicted octanol–water partition coefficient (Wildman–Crippen LogP) is 5.81. The lowest BCUT2D eigenvalue weighted by molar-refractivity contribution is -0.127. The fourth-order valence-electron chi connectivity index (χ4n) is 5.04. The number of aliphatic imine (C=N–C) groups is 1. The van der Waals surface area contributed by atoms with Crippen LogP contribution in [-0.4, -0.2) is 52.2 Å². The van der Waals surface area contributed by atoms with Crippen LogP contribution >= 0.6 is 11.8 Å². The van der Waals surface area contributed by atoms with E-state index >= 15 is 0 Å². The first kappa shape index (κ1) is 26.0. The van der Waals surface area contributed by atoms with Gasteiger partial charge in [0.1, 0.15) is 0 Å². The topological polar surface area (TPSA) is 65.0 Å². The molecule has 1 fully saturated rings. The molecule has 4 rings (SSSR count). The standard InChI is InChI=1S/C29H36N4O2S/c1-5-24(21-13-9-8-10-14-21)27(34)31-23-16-11-15-22(19-23)26-25(28(35)32(6-2)7-3)20(4)30-29-33(26)17-12-18-36-29/h8-11,13-16,19,24,26H,5-7,12,17-18H2,1-4H3,(H,31,34). The summed E-state index contributed by atoms with van der Waals surface area (Å²) in [4.78, 5) is 35.9. The number of rotatable bonds is 8. The molecule has 2 aromatic carbocycles. The Hall–Kier alpha value is -3.06. The molecule has 190 valence electrons. The SMILES string of the molecule is CCC(C(=O)Nc1cccc(C2C(C(=O)N(CC)CC)=C(C)N=C3SCCCN32)c1)c1ccccc1. The number of hydrogen-bond donors (Lipinski definition) is 1. The molecule has 6 nitrogen and oxygen atoms in total. The van der Waals surface area contributed by atoms with Gasteiger partial charge in [0.05, 0.1) is 23.2 Å². The predicted molar refractivity (Wildman–Crippen MR) is 149 cm³/mol. The van der Waals surface area contributed by atoms with Crippen LogP contribution in [0.4, 0.5) is 5.69 Å². The maximum atomic E-state index is 13.7. The number of fused-ring (bicyclic) bond motifs is 1. The minimum atomic E-state index is -0.230. The third kappa shape index (κ3) is 5.36. The number of nitrogens with one attached hydrogen (secondary N) is 1. The van der Waals surface area contributed by atoms with Crippen LogP contribution in [0.5, 0.6) is 0 Å². The fraction of sp³-hybridized carbons (Fsp3) is 0.414. The van der Waals surface area contributed by atoms with Crippen LogP contribution < -0.4 is 5.32 Å². The highest BCUT2D eigenvalue weighted by atomic mass is 32.2. The van der Waals surface area contributed by atoms with Crippen LogP contribution in [0.2, 0.25) is 0 Å². The van der Waals surface area contributed by atoms with Crippen LogP contribution in [-0.2, 0) is 9.59 Å². The lowest BCUT2D eigenvalue weighted by Crippen LogP contribution is -2.45. The number of nitrogens with zero attached hydrogens (tertiary/aromatic N) is 3. The average molecular weight is 505 g/mol. The van der Waals surface area contributed by atoms with Gasteiger partial charge in [0.25, 0.3) is 5.91 Å². The van der Waals surface area contributed by atoms with E-state index in [4.69, 9.17) is 4.99 Å². The molecule has 1 saturated heterocycles. The van der Waals surface area contributed by atoms with Crippen molar-refractivity contribution in [2.24, 2.45) is 4.99 Å². The zero-order valence-electron chi connectivity index (χ0n) is 21.7. The number of amides is 2. The van der Waals surface area contributed by atoms with E-state index in [0.29, 0.717) is 19.5 Å². The molecule has 2 aromatic rings. The molecule has 0 aromatic heterocycles. The van der Waals surface area contributed by atoms with Crippen LogP contribution in [0.3, 0.4) is 0 Å². The van der Waals surface area contributed by atoms with Crippen molar-refractivity contribution in [1.29, 1.82) is 0 Å². The first-order chi connectivity index (χ1) is 17.5. The molecule has 0 spiro atoms. The van der Waals surface area contributed by atoms with Crippen molar-refractivity contribution >= 4 is 34.4 Å². The summed E-state index contributed by atoms with van der Waals surface area (Å²) in [5.74, 6) is 0.823. The molecule has 2 atom stereocenters. The Morgan fingerprint density at radius 1 is 1.11 bits per heavy atom. The van der Waals surface area contributed by atoms with Crippen LogP contribution in [0, 0.1) is 0 Å². The second kappa shape index (κ2) is 11.8. The lowest BCUT2D eigenvalue weighted by Gasteiger charge is -2.41. The molecule has 7 heteroatoms. The summed E-state index contributed by atoms with van der Waals surface area (Å²) in [5.41, 5.74) is 4.25. The minimum absolute atomic E-state index is 0.0218. The first-order valence-corrected chi connectivity index (χ1v) is 13.9. The number of amidine groups is 1. The number of thioether (sulfide) groups is 1. The molecule has 0 saturated carbocycles. The number of carbonyl (C=O) groups excluding carboxylic acids is 2. The molecule has 2 aliphatic rings. The van der Waals surface area contributed by atoms with E-state index in [1.54, 1.807) is 11.8 Å². The fourth-order valence-corrected chi connectivity index (χ4v) is 6.06. The van der Waals surface area contributed by atoms with E-state index in [9.17, 15) is 9.59 Å². The lowest BCUT2D eigenvalue weighted by atomic mass is 9.92. The maximum Gasteiger partial charge on any atom is 0.254 e. The number of likely N-dealkylation sites (N-methyl/N-ethyl adjacent to an activating group) is 1. The molecule has 2 unspecified atom stereocenters. The largest absolute Gasteiger partial charge is 0.340 e. The monoisotopic (exact) mass is 504 g/mol. The van der Waals surface area contributed by atoms with Gasteiger partial charge in [-0.2, -0.15) is 0 Å². The zero-order valence-corrected chi connectivity index (χ0v) is 22.5. The van der Waals surface area contributed by atoms with Gasteiger partial charge in [-0.05, 0) is 56.9 Å². The zero-order chi connectivity index (χ0) is 25.7. The summed E-state index contributed by atoms with van der Waals surface area (Å²) in [6.45, 7) is 10.1. The van der Waals surface area contributed by atoms with Crippen molar-refractivity contribution in [2.75, 3.05) is 30.7 Å². The van der Waals surface area contributed by atoms with Crippen molar-refractivity contribution in [1.82, 2.24) is 9.80 Å². The van der Waals surface area contributed by atoms with Crippen molar-refractivity contribution in [3.8, 4) is 0 Å². The van der Waals surface area contributed by atoms with Gasteiger partial charge in [-0.3, -0.25) is 9.59 Å². The van der Waals surface area contributed by atoms with Crippen molar-refractivity contribution in [3.63, 3.8) is 0 Å². The number of benzene rings is 2. The van der Waals surface area contributed by atoms with Gasteiger partial charge in [0.2, 0.25) is 5.91 Å². The van der Waals surface area contributed by atoms with Crippen LogP contribution in [0.15, 0.2) is 70.9 Å². The maximum absolute atomic E-state index is 13.7. The molecule has 2 amide bonds. The molecule has 0 radical (unpaired) electrons. The Morgan fingerprint density at radius 2 is 1.86 bits per heavy atom. The molecule has 36 heavy (non-hydrogen) atoms. The van der Waals surface area contributed by atoms with Gasteiger partial charge in [0, 0.05) is 31.1 Å². The van der Waals surface area contributed by atoms with E-state index in [1.165, 1.54) is 0 Å². The summed E-state index contributed by atoms with van der Waals surface area (Å²) in [6.07, 6.45) is 1.76. The highest BCUT2D eigenvalue weighted by Gasteiger charge is 2.38. The Morgan fingerprint density at radius 3 is 2.56 bits per heavy atom. The van der Waals surface area contributed by atoms with E-state index in [2.05, 4.69) is 16.3 Å². The van der Waals surface area contributed by atoms with Gasteiger partial charge >= 0.3 is 0 Å². The smallest absolute Gasteiger partial charge is 0.254 e.